The summed E-state index contributed by atoms with van der Waals surface area (Å²) in [4.78, 5) is 26.1. The maximum Gasteiger partial charge on any atom is 0.377 e. The number of carbonyl (C=O) groups excluding carboxylic acids is 1. The molecule has 3 rings (SSSR count). The van der Waals surface area contributed by atoms with E-state index in [1.807, 2.05) is 19.1 Å². The van der Waals surface area contributed by atoms with Crippen molar-refractivity contribution >= 4 is 6.03 Å². The van der Waals surface area contributed by atoms with Crippen LogP contribution in [0.5, 0.6) is 0 Å². The van der Waals surface area contributed by atoms with Gasteiger partial charge >= 0.3 is 11.7 Å². The van der Waals surface area contributed by atoms with Crippen LogP contribution in [0.3, 0.4) is 0 Å². The number of morpholine rings is 1. The first-order valence-corrected chi connectivity index (χ1v) is 6.66. The Balaban J connectivity index is 1.92. The molecule has 1 aromatic carbocycles. The molecule has 110 valence electrons. The number of nitrogens with zero attached hydrogens (tertiary/aromatic N) is 5. The maximum absolute atomic E-state index is 12.3. The highest BCUT2D eigenvalue weighted by Crippen LogP contribution is 2.06. The minimum atomic E-state index is -0.572. The smallest absolute Gasteiger partial charge is 0.377 e. The molecule has 0 N–H and O–H groups in total. The van der Waals surface area contributed by atoms with Gasteiger partial charge in [-0.1, -0.05) is 12.1 Å². The third-order valence-corrected chi connectivity index (χ3v) is 3.29. The Morgan fingerprint density at radius 1 is 1.24 bits per heavy atom. The zero-order valence-corrected chi connectivity index (χ0v) is 11.6. The van der Waals surface area contributed by atoms with E-state index in [1.165, 1.54) is 4.90 Å². The summed E-state index contributed by atoms with van der Waals surface area (Å²) in [7, 11) is 0. The lowest BCUT2D eigenvalue weighted by atomic mass is 10.2. The van der Waals surface area contributed by atoms with Gasteiger partial charge in [0.05, 0.1) is 18.9 Å². The molecule has 1 aliphatic rings. The minimum Gasteiger partial charge on any atom is -0.378 e. The van der Waals surface area contributed by atoms with Crippen LogP contribution in [0.15, 0.2) is 29.1 Å². The second-order valence-corrected chi connectivity index (χ2v) is 4.81. The second-order valence-electron chi connectivity index (χ2n) is 4.81. The number of aryl methyl sites for hydroxylation is 1. The molecule has 8 nitrogen and oxygen atoms in total. The fraction of sp³-hybridized carbons (Fsp3) is 0.385. The Morgan fingerprint density at radius 3 is 2.71 bits per heavy atom. The Bertz CT molecular complexity index is 715. The molecule has 0 unspecified atom stereocenters. The molecule has 2 heterocycles. The van der Waals surface area contributed by atoms with Crippen molar-refractivity contribution in [3.63, 3.8) is 0 Å². The molecule has 0 atom stereocenters. The molecule has 1 saturated heterocycles. The normalized spacial score (nSPS) is 15.2. The Morgan fingerprint density at radius 2 is 2.00 bits per heavy atom. The van der Waals surface area contributed by atoms with Gasteiger partial charge in [-0.25, -0.2) is 9.59 Å². The highest BCUT2D eigenvalue weighted by molar-refractivity contribution is 5.75. The van der Waals surface area contributed by atoms with Crippen LogP contribution in [-0.2, 0) is 4.74 Å². The largest absolute Gasteiger partial charge is 0.378 e. The first-order valence-electron chi connectivity index (χ1n) is 6.66. The van der Waals surface area contributed by atoms with Crippen LogP contribution >= 0.6 is 0 Å². The number of benzene rings is 1. The lowest BCUT2D eigenvalue weighted by molar-refractivity contribution is 0.0525. The van der Waals surface area contributed by atoms with Crippen LogP contribution in [0.4, 0.5) is 4.79 Å². The first-order chi connectivity index (χ1) is 10.2. The van der Waals surface area contributed by atoms with Gasteiger partial charge in [0, 0.05) is 13.1 Å². The minimum absolute atomic E-state index is 0.447. The van der Waals surface area contributed by atoms with E-state index in [4.69, 9.17) is 4.74 Å². The summed E-state index contributed by atoms with van der Waals surface area (Å²) in [5, 5.41) is 7.46. The first kappa shape index (κ1) is 13.5. The van der Waals surface area contributed by atoms with Gasteiger partial charge in [-0.15, -0.1) is 4.68 Å². The van der Waals surface area contributed by atoms with E-state index in [-0.39, 0.29) is 0 Å². The summed E-state index contributed by atoms with van der Waals surface area (Å²) < 4.78 is 7.08. The number of carbonyl (C=O) groups is 1. The van der Waals surface area contributed by atoms with E-state index in [2.05, 4.69) is 10.4 Å². The van der Waals surface area contributed by atoms with E-state index >= 15 is 0 Å². The lowest BCUT2D eigenvalue weighted by Gasteiger charge is -2.25. The Kier molecular flexibility index (Phi) is 3.53. The van der Waals surface area contributed by atoms with Crippen molar-refractivity contribution in [1.82, 2.24) is 24.7 Å². The number of hydrogen-bond acceptors (Lipinski definition) is 5. The highest BCUT2D eigenvalue weighted by Gasteiger charge is 2.23. The predicted octanol–water partition coefficient (Wildman–Crippen LogP) is 0.0377. The molecular formula is C13H15N5O3. The van der Waals surface area contributed by atoms with Crippen molar-refractivity contribution in [1.29, 1.82) is 0 Å². The zero-order chi connectivity index (χ0) is 14.8. The third-order valence-electron chi connectivity index (χ3n) is 3.29. The van der Waals surface area contributed by atoms with Crippen LogP contribution in [-0.4, -0.2) is 57.0 Å². The van der Waals surface area contributed by atoms with E-state index < -0.39 is 11.7 Å². The lowest BCUT2D eigenvalue weighted by Crippen LogP contribution is -2.46. The van der Waals surface area contributed by atoms with Crippen LogP contribution in [0.2, 0.25) is 0 Å². The van der Waals surface area contributed by atoms with Crippen LogP contribution in [0.1, 0.15) is 5.56 Å². The summed E-state index contributed by atoms with van der Waals surface area (Å²) in [6.45, 7) is 3.74. The molecule has 1 fully saturated rings. The molecule has 21 heavy (non-hydrogen) atoms. The monoisotopic (exact) mass is 289 g/mol. The van der Waals surface area contributed by atoms with E-state index in [0.717, 1.165) is 14.9 Å². The molecule has 2 aromatic rings. The fourth-order valence-corrected chi connectivity index (χ4v) is 2.18. The molecule has 1 aromatic heterocycles. The van der Waals surface area contributed by atoms with Gasteiger partial charge in [-0.3, -0.25) is 0 Å². The van der Waals surface area contributed by atoms with Gasteiger partial charge < -0.3 is 9.64 Å². The van der Waals surface area contributed by atoms with Crippen LogP contribution < -0.4 is 5.69 Å². The van der Waals surface area contributed by atoms with Gasteiger partial charge in [0.25, 0.3) is 0 Å². The van der Waals surface area contributed by atoms with Crippen molar-refractivity contribution in [2.75, 3.05) is 26.3 Å². The topological polar surface area (TPSA) is 82.2 Å². The Hall–Kier alpha value is -2.48. The molecule has 0 spiro atoms. The van der Waals surface area contributed by atoms with Gasteiger partial charge in [0.2, 0.25) is 0 Å². The maximum atomic E-state index is 12.3. The molecule has 1 amide bonds. The van der Waals surface area contributed by atoms with E-state index in [9.17, 15) is 9.59 Å². The average Bonchev–Trinajstić information content (AvgIpc) is 2.89. The molecule has 0 bridgehead atoms. The van der Waals surface area contributed by atoms with Crippen molar-refractivity contribution in [2.24, 2.45) is 0 Å². The summed E-state index contributed by atoms with van der Waals surface area (Å²) >= 11 is 0. The molecule has 0 aliphatic carbocycles. The third kappa shape index (κ3) is 2.57. The zero-order valence-electron chi connectivity index (χ0n) is 11.6. The summed E-state index contributed by atoms with van der Waals surface area (Å²) in [6, 6.07) is 6.81. The second kappa shape index (κ2) is 5.49. The van der Waals surface area contributed by atoms with Gasteiger partial charge in [-0.2, -0.15) is 4.68 Å². The molecule has 8 heteroatoms. The van der Waals surface area contributed by atoms with Gasteiger partial charge in [0.1, 0.15) is 0 Å². The number of amides is 1. The molecule has 0 saturated carbocycles. The number of ether oxygens (including phenoxy) is 1. The van der Waals surface area contributed by atoms with E-state index in [0.29, 0.717) is 32.0 Å². The standard InChI is InChI=1S/C13H15N5O3/c1-10-3-2-4-11(9-10)17-13(20)18(15-14-17)12(19)16-5-7-21-8-6-16/h2-4,9H,5-8H2,1H3. The summed E-state index contributed by atoms with van der Waals surface area (Å²) in [5.41, 5.74) is 1.01. The SMILES string of the molecule is Cc1cccc(-n2nnn(C(=O)N3CCOCC3)c2=O)c1. The van der Waals surface area contributed by atoms with Crippen molar-refractivity contribution in [3.05, 3.63) is 40.3 Å². The molecule has 1 aliphatic heterocycles. The summed E-state index contributed by atoms with van der Waals surface area (Å²) in [5.74, 6) is 0. The molecular weight excluding hydrogens is 274 g/mol. The molecule has 0 radical (unpaired) electrons. The summed E-state index contributed by atoms with van der Waals surface area (Å²) in [6.07, 6.45) is 0. The van der Waals surface area contributed by atoms with Crippen molar-refractivity contribution in [2.45, 2.75) is 6.92 Å². The average molecular weight is 289 g/mol. The van der Waals surface area contributed by atoms with Gasteiger partial charge in [-0.05, 0) is 35.0 Å². The number of tetrazole rings is 1. The number of hydrogen-bond donors (Lipinski definition) is 0. The Labute approximate surface area is 120 Å². The van der Waals surface area contributed by atoms with Crippen LogP contribution in [0.25, 0.3) is 5.69 Å². The highest BCUT2D eigenvalue weighted by atomic mass is 16.5. The van der Waals surface area contributed by atoms with Crippen LogP contribution in [0, 0.1) is 6.92 Å². The van der Waals surface area contributed by atoms with Gasteiger partial charge in [0.15, 0.2) is 0 Å². The van der Waals surface area contributed by atoms with Crippen molar-refractivity contribution in [3.8, 4) is 5.69 Å². The predicted molar refractivity (Wildman–Crippen MR) is 73.5 cm³/mol. The quantitative estimate of drug-likeness (QED) is 0.692. The number of rotatable bonds is 1. The van der Waals surface area contributed by atoms with Crippen molar-refractivity contribution < 1.29 is 9.53 Å². The van der Waals surface area contributed by atoms with E-state index in [1.54, 1.807) is 12.1 Å². The number of aromatic nitrogens is 4. The fourth-order valence-electron chi connectivity index (χ4n) is 2.18.